The average Bonchev–Trinajstić information content (AvgIpc) is 2.65. The summed E-state index contributed by atoms with van der Waals surface area (Å²) in [4.78, 5) is 13.7. The van der Waals surface area contributed by atoms with Crippen LogP contribution in [-0.4, -0.2) is 37.6 Å². The van der Waals surface area contributed by atoms with Gasteiger partial charge in [-0.2, -0.15) is 0 Å². The second-order valence-corrected chi connectivity index (χ2v) is 4.66. The van der Waals surface area contributed by atoms with Crippen LogP contribution >= 0.6 is 0 Å². The number of carbonyl (C=O) groups is 1. The highest BCUT2D eigenvalue weighted by Crippen LogP contribution is 2.19. The van der Waals surface area contributed by atoms with E-state index in [1.807, 2.05) is 0 Å². The van der Waals surface area contributed by atoms with Crippen LogP contribution < -0.4 is 0 Å². The lowest BCUT2D eigenvalue weighted by atomic mass is 10.1. The predicted octanol–water partition coefficient (Wildman–Crippen LogP) is 1.92. The molecule has 1 heterocycles. The third-order valence-electron chi connectivity index (χ3n) is 3.16. The molecule has 2 atom stereocenters. The number of nitrogens with zero attached hydrogens (tertiary/aromatic N) is 1. The fraction of sp³-hybridized carbons (Fsp3) is 0.917. The molecular formula is C12H23NO2. The molecule has 3 heteroatoms. The third kappa shape index (κ3) is 3.82. The summed E-state index contributed by atoms with van der Waals surface area (Å²) in [5.74, 6) is 0.816. The number of methoxy groups -OCH3 is 1. The first-order valence-electron chi connectivity index (χ1n) is 5.97. The summed E-state index contributed by atoms with van der Waals surface area (Å²) in [5, 5.41) is 0. The molecule has 2 unspecified atom stereocenters. The molecule has 15 heavy (non-hydrogen) atoms. The van der Waals surface area contributed by atoms with E-state index < -0.39 is 0 Å². The van der Waals surface area contributed by atoms with Gasteiger partial charge in [0.05, 0.1) is 13.0 Å². The fourth-order valence-corrected chi connectivity index (χ4v) is 2.38. The molecule has 1 aliphatic rings. The number of rotatable bonds is 5. The Bertz CT molecular complexity index is 206. The standard InChI is InChI=1S/C12H23NO2/c1-4-5-10(2)8-13-7-6-11(9-13)12(14)15-3/h10-11H,4-9H2,1-3H3. The van der Waals surface area contributed by atoms with Gasteiger partial charge in [0.1, 0.15) is 0 Å². The Hall–Kier alpha value is -0.570. The van der Waals surface area contributed by atoms with Crippen LogP contribution in [0.4, 0.5) is 0 Å². The van der Waals surface area contributed by atoms with Crippen molar-refractivity contribution in [3.05, 3.63) is 0 Å². The molecule has 1 rings (SSSR count). The fourth-order valence-electron chi connectivity index (χ4n) is 2.38. The van der Waals surface area contributed by atoms with Gasteiger partial charge in [-0.1, -0.05) is 20.3 Å². The van der Waals surface area contributed by atoms with Crippen LogP contribution in [0, 0.1) is 11.8 Å². The maximum atomic E-state index is 11.3. The lowest BCUT2D eigenvalue weighted by Crippen LogP contribution is -2.28. The molecule has 3 nitrogen and oxygen atoms in total. The quantitative estimate of drug-likeness (QED) is 0.653. The Morgan fingerprint density at radius 2 is 2.33 bits per heavy atom. The SMILES string of the molecule is CCCC(C)CN1CCC(C(=O)OC)C1. The highest BCUT2D eigenvalue weighted by Gasteiger charge is 2.29. The molecule has 0 aromatic carbocycles. The van der Waals surface area contributed by atoms with E-state index in [1.165, 1.54) is 20.0 Å². The van der Waals surface area contributed by atoms with Gasteiger partial charge >= 0.3 is 5.97 Å². The third-order valence-corrected chi connectivity index (χ3v) is 3.16. The topological polar surface area (TPSA) is 29.5 Å². The molecular weight excluding hydrogens is 190 g/mol. The molecule has 88 valence electrons. The zero-order chi connectivity index (χ0) is 11.3. The maximum absolute atomic E-state index is 11.3. The Labute approximate surface area is 92.8 Å². The van der Waals surface area contributed by atoms with Crippen molar-refractivity contribution >= 4 is 5.97 Å². The highest BCUT2D eigenvalue weighted by molar-refractivity contribution is 5.72. The van der Waals surface area contributed by atoms with Crippen molar-refractivity contribution in [2.24, 2.45) is 11.8 Å². The van der Waals surface area contributed by atoms with Crippen molar-refractivity contribution in [2.75, 3.05) is 26.7 Å². The van der Waals surface area contributed by atoms with E-state index in [9.17, 15) is 4.79 Å². The first-order chi connectivity index (χ1) is 7.17. The minimum absolute atomic E-state index is 0.0411. The molecule has 0 radical (unpaired) electrons. The Morgan fingerprint density at radius 3 is 2.93 bits per heavy atom. The number of carbonyl (C=O) groups excluding carboxylic acids is 1. The molecule has 0 aliphatic carbocycles. The van der Waals surface area contributed by atoms with E-state index >= 15 is 0 Å². The molecule has 0 saturated carbocycles. The second-order valence-electron chi connectivity index (χ2n) is 4.66. The van der Waals surface area contributed by atoms with Crippen LogP contribution in [0.25, 0.3) is 0 Å². The number of likely N-dealkylation sites (tertiary alicyclic amines) is 1. The van der Waals surface area contributed by atoms with Crippen molar-refractivity contribution < 1.29 is 9.53 Å². The van der Waals surface area contributed by atoms with E-state index in [0.29, 0.717) is 0 Å². The Morgan fingerprint density at radius 1 is 1.60 bits per heavy atom. The number of hydrogen-bond acceptors (Lipinski definition) is 3. The van der Waals surface area contributed by atoms with Gasteiger partial charge in [-0.25, -0.2) is 0 Å². The predicted molar refractivity (Wildman–Crippen MR) is 60.6 cm³/mol. The summed E-state index contributed by atoms with van der Waals surface area (Å²) in [7, 11) is 1.48. The molecule has 1 saturated heterocycles. The van der Waals surface area contributed by atoms with E-state index in [4.69, 9.17) is 4.74 Å². The van der Waals surface area contributed by atoms with Crippen molar-refractivity contribution in [3.8, 4) is 0 Å². The van der Waals surface area contributed by atoms with Gasteiger partial charge < -0.3 is 9.64 Å². The monoisotopic (exact) mass is 213 g/mol. The van der Waals surface area contributed by atoms with Crippen molar-refractivity contribution in [3.63, 3.8) is 0 Å². The van der Waals surface area contributed by atoms with Gasteiger partial charge in [0.15, 0.2) is 0 Å². The maximum Gasteiger partial charge on any atom is 0.310 e. The lowest BCUT2D eigenvalue weighted by Gasteiger charge is -2.20. The van der Waals surface area contributed by atoms with Gasteiger partial charge in [-0.15, -0.1) is 0 Å². The molecule has 0 spiro atoms. The van der Waals surface area contributed by atoms with Gasteiger partial charge in [-0.05, 0) is 25.3 Å². The normalized spacial score (nSPS) is 24.1. The molecule has 1 fully saturated rings. The van der Waals surface area contributed by atoms with Gasteiger partial charge in [0.25, 0.3) is 0 Å². The van der Waals surface area contributed by atoms with Crippen LogP contribution in [0.2, 0.25) is 0 Å². The molecule has 0 bridgehead atoms. The van der Waals surface area contributed by atoms with E-state index in [0.717, 1.165) is 32.0 Å². The molecule has 0 aromatic rings. The summed E-state index contributed by atoms with van der Waals surface area (Å²) in [5.41, 5.74) is 0. The van der Waals surface area contributed by atoms with Crippen LogP contribution in [-0.2, 0) is 9.53 Å². The minimum atomic E-state index is -0.0411. The highest BCUT2D eigenvalue weighted by atomic mass is 16.5. The number of hydrogen-bond donors (Lipinski definition) is 0. The van der Waals surface area contributed by atoms with Crippen LogP contribution in [0.5, 0.6) is 0 Å². The van der Waals surface area contributed by atoms with Crippen LogP contribution in [0.3, 0.4) is 0 Å². The van der Waals surface area contributed by atoms with Crippen molar-refractivity contribution in [1.82, 2.24) is 4.90 Å². The summed E-state index contributed by atoms with van der Waals surface area (Å²) >= 11 is 0. The van der Waals surface area contributed by atoms with E-state index in [1.54, 1.807) is 0 Å². The summed E-state index contributed by atoms with van der Waals surface area (Å²) in [6.07, 6.45) is 3.49. The van der Waals surface area contributed by atoms with Gasteiger partial charge in [0, 0.05) is 13.1 Å². The first kappa shape index (κ1) is 12.5. The first-order valence-corrected chi connectivity index (χ1v) is 5.97. The van der Waals surface area contributed by atoms with Crippen LogP contribution in [0.1, 0.15) is 33.1 Å². The summed E-state index contributed by atoms with van der Waals surface area (Å²) in [6.45, 7) is 7.57. The Kier molecular flexibility index (Phi) is 5.09. The van der Waals surface area contributed by atoms with Crippen LogP contribution in [0.15, 0.2) is 0 Å². The van der Waals surface area contributed by atoms with Crippen molar-refractivity contribution in [2.45, 2.75) is 33.1 Å². The van der Waals surface area contributed by atoms with E-state index in [-0.39, 0.29) is 11.9 Å². The average molecular weight is 213 g/mol. The molecule has 1 aliphatic heterocycles. The number of ether oxygens (including phenoxy) is 1. The molecule has 0 N–H and O–H groups in total. The largest absolute Gasteiger partial charge is 0.469 e. The molecule has 0 amide bonds. The summed E-state index contributed by atoms with van der Waals surface area (Å²) < 4.78 is 4.77. The lowest BCUT2D eigenvalue weighted by molar-refractivity contribution is -0.144. The number of esters is 1. The Balaban J connectivity index is 2.27. The molecule has 0 aromatic heterocycles. The second kappa shape index (κ2) is 6.11. The van der Waals surface area contributed by atoms with E-state index in [2.05, 4.69) is 18.7 Å². The van der Waals surface area contributed by atoms with Gasteiger partial charge in [0.2, 0.25) is 0 Å². The van der Waals surface area contributed by atoms with Crippen molar-refractivity contribution in [1.29, 1.82) is 0 Å². The van der Waals surface area contributed by atoms with Gasteiger partial charge in [-0.3, -0.25) is 4.79 Å². The smallest absolute Gasteiger partial charge is 0.310 e. The minimum Gasteiger partial charge on any atom is -0.469 e. The zero-order valence-corrected chi connectivity index (χ0v) is 10.2. The zero-order valence-electron chi connectivity index (χ0n) is 10.2. The summed E-state index contributed by atoms with van der Waals surface area (Å²) in [6, 6.07) is 0.